The third kappa shape index (κ3) is 4.69. The lowest BCUT2D eigenvalue weighted by Crippen LogP contribution is -2.23. The molecule has 2 rings (SSSR count). The largest absolute Gasteiger partial charge is 0.340 e. The van der Waals surface area contributed by atoms with E-state index in [0.717, 1.165) is 22.7 Å². The van der Waals surface area contributed by atoms with E-state index in [1.54, 1.807) is 0 Å². The van der Waals surface area contributed by atoms with Crippen LogP contribution in [0, 0.1) is 0 Å². The molecule has 1 N–H and O–H groups in total. The Morgan fingerprint density at radius 3 is 2.48 bits per heavy atom. The van der Waals surface area contributed by atoms with Gasteiger partial charge in [-0.2, -0.15) is 0 Å². The average Bonchev–Trinajstić information content (AvgIpc) is 2.48. The maximum absolute atomic E-state index is 6.18. The van der Waals surface area contributed by atoms with Gasteiger partial charge in [-0.1, -0.05) is 43.6 Å². The molecule has 5 heteroatoms. The molecule has 0 aliphatic carbocycles. The number of halogens is 1. The van der Waals surface area contributed by atoms with E-state index in [9.17, 15) is 0 Å². The van der Waals surface area contributed by atoms with Crippen molar-refractivity contribution in [1.29, 1.82) is 0 Å². The van der Waals surface area contributed by atoms with Crippen LogP contribution in [0.15, 0.2) is 36.7 Å². The van der Waals surface area contributed by atoms with E-state index in [2.05, 4.69) is 29.1 Å². The molecule has 2 aromatic rings. The monoisotopic (exact) mass is 304 g/mol. The van der Waals surface area contributed by atoms with Crippen LogP contribution >= 0.6 is 11.6 Å². The van der Waals surface area contributed by atoms with Crippen molar-refractivity contribution in [2.24, 2.45) is 0 Å². The van der Waals surface area contributed by atoms with Crippen LogP contribution in [0.1, 0.15) is 25.0 Å². The molecule has 1 aromatic carbocycles. The summed E-state index contributed by atoms with van der Waals surface area (Å²) in [6.07, 6.45) is 3.72. The third-order valence-electron chi connectivity index (χ3n) is 3.11. The highest BCUT2D eigenvalue weighted by atomic mass is 35.5. The first-order chi connectivity index (χ1) is 10.1. The highest BCUT2D eigenvalue weighted by molar-refractivity contribution is 6.31. The van der Waals surface area contributed by atoms with Gasteiger partial charge < -0.3 is 10.2 Å². The summed E-state index contributed by atoms with van der Waals surface area (Å²) in [5, 5.41) is 4.11. The van der Waals surface area contributed by atoms with Gasteiger partial charge in [0.25, 0.3) is 0 Å². The summed E-state index contributed by atoms with van der Waals surface area (Å²) < 4.78 is 0. The summed E-state index contributed by atoms with van der Waals surface area (Å²) in [6, 6.07) is 8.27. The Bertz CT molecular complexity index is 569. The molecule has 0 unspecified atom stereocenters. The van der Waals surface area contributed by atoms with Crippen LogP contribution in [0.2, 0.25) is 5.02 Å². The molecule has 0 fully saturated rings. The third-order valence-corrected chi connectivity index (χ3v) is 3.48. The van der Waals surface area contributed by atoms with Crippen molar-refractivity contribution in [3.8, 4) is 0 Å². The predicted molar refractivity (Wildman–Crippen MR) is 87.6 cm³/mol. The maximum Gasteiger partial charge on any atom is 0.225 e. The number of nitrogens with zero attached hydrogens (tertiary/aromatic N) is 3. The van der Waals surface area contributed by atoms with E-state index in [-0.39, 0.29) is 0 Å². The Kier molecular flexibility index (Phi) is 5.53. The fourth-order valence-electron chi connectivity index (χ4n) is 1.91. The molecule has 0 radical (unpaired) electrons. The van der Waals surface area contributed by atoms with Crippen molar-refractivity contribution in [2.45, 2.75) is 33.0 Å². The maximum atomic E-state index is 6.18. The first-order valence-electron chi connectivity index (χ1n) is 7.05. The molecule has 21 heavy (non-hydrogen) atoms. The molecule has 0 amide bonds. The molecule has 0 bridgehead atoms. The van der Waals surface area contributed by atoms with Gasteiger partial charge in [0.05, 0.1) is 0 Å². The van der Waals surface area contributed by atoms with Gasteiger partial charge in [-0.15, -0.1) is 0 Å². The van der Waals surface area contributed by atoms with Crippen LogP contribution in [-0.4, -0.2) is 23.1 Å². The van der Waals surface area contributed by atoms with Gasteiger partial charge in [0, 0.05) is 49.2 Å². The summed E-state index contributed by atoms with van der Waals surface area (Å²) in [7, 11) is 1.96. The SMILES string of the molecule is CC(C)NCc1cnc(N(C)Cc2ccccc2Cl)nc1. The molecule has 0 atom stereocenters. The highest BCUT2D eigenvalue weighted by Gasteiger charge is 2.07. The van der Waals surface area contributed by atoms with E-state index in [1.165, 1.54) is 0 Å². The van der Waals surface area contributed by atoms with Crippen LogP contribution in [-0.2, 0) is 13.1 Å². The number of hydrogen-bond donors (Lipinski definition) is 1. The molecule has 1 aromatic heterocycles. The lowest BCUT2D eigenvalue weighted by Gasteiger charge is -2.18. The summed E-state index contributed by atoms with van der Waals surface area (Å²) in [4.78, 5) is 10.8. The highest BCUT2D eigenvalue weighted by Crippen LogP contribution is 2.18. The van der Waals surface area contributed by atoms with E-state index in [1.807, 2.05) is 48.6 Å². The van der Waals surface area contributed by atoms with E-state index < -0.39 is 0 Å². The quantitative estimate of drug-likeness (QED) is 0.889. The zero-order valence-corrected chi connectivity index (χ0v) is 13.4. The molecule has 0 aliphatic rings. The lowest BCUT2D eigenvalue weighted by molar-refractivity contribution is 0.586. The standard InChI is InChI=1S/C16H21ClN4/c1-12(2)18-8-13-9-19-16(20-10-13)21(3)11-14-6-4-5-7-15(14)17/h4-7,9-10,12,18H,8,11H2,1-3H3. The minimum atomic E-state index is 0.451. The molecule has 4 nitrogen and oxygen atoms in total. The van der Waals surface area contributed by atoms with Gasteiger partial charge in [-0.3, -0.25) is 0 Å². The topological polar surface area (TPSA) is 41.1 Å². The molecular formula is C16H21ClN4. The van der Waals surface area contributed by atoms with Gasteiger partial charge in [0.2, 0.25) is 5.95 Å². The van der Waals surface area contributed by atoms with Crippen molar-refractivity contribution in [3.63, 3.8) is 0 Å². The van der Waals surface area contributed by atoms with E-state index in [0.29, 0.717) is 18.5 Å². The van der Waals surface area contributed by atoms with Crippen LogP contribution < -0.4 is 10.2 Å². The average molecular weight is 305 g/mol. The molecule has 1 heterocycles. The normalized spacial score (nSPS) is 10.9. The molecule has 0 spiro atoms. The summed E-state index contributed by atoms with van der Waals surface area (Å²) in [5.74, 6) is 0.697. The fraction of sp³-hybridized carbons (Fsp3) is 0.375. The minimum absolute atomic E-state index is 0.451. The van der Waals surface area contributed by atoms with Gasteiger partial charge in [0.1, 0.15) is 0 Å². The summed E-state index contributed by atoms with van der Waals surface area (Å²) in [5.41, 5.74) is 2.15. The predicted octanol–water partition coefficient (Wildman–Crippen LogP) is 3.26. The van der Waals surface area contributed by atoms with Crippen molar-refractivity contribution >= 4 is 17.5 Å². The van der Waals surface area contributed by atoms with Crippen molar-refractivity contribution < 1.29 is 0 Å². The van der Waals surface area contributed by atoms with Gasteiger partial charge in [0.15, 0.2) is 0 Å². The van der Waals surface area contributed by atoms with Gasteiger partial charge in [-0.25, -0.2) is 9.97 Å². The van der Waals surface area contributed by atoms with Gasteiger partial charge in [-0.05, 0) is 11.6 Å². The van der Waals surface area contributed by atoms with E-state index in [4.69, 9.17) is 11.6 Å². The van der Waals surface area contributed by atoms with Crippen LogP contribution in [0.25, 0.3) is 0 Å². The number of benzene rings is 1. The first-order valence-corrected chi connectivity index (χ1v) is 7.43. The number of anilines is 1. The van der Waals surface area contributed by atoms with Crippen LogP contribution in [0.4, 0.5) is 5.95 Å². The molecule has 112 valence electrons. The second-order valence-electron chi connectivity index (χ2n) is 5.37. The molecule has 0 aliphatic heterocycles. The lowest BCUT2D eigenvalue weighted by atomic mass is 10.2. The summed E-state index contributed by atoms with van der Waals surface area (Å²) >= 11 is 6.18. The number of rotatable bonds is 6. The zero-order chi connectivity index (χ0) is 15.2. The Hall–Kier alpha value is -1.65. The molecule has 0 saturated carbocycles. The zero-order valence-electron chi connectivity index (χ0n) is 12.7. The van der Waals surface area contributed by atoms with Crippen molar-refractivity contribution in [2.75, 3.05) is 11.9 Å². The van der Waals surface area contributed by atoms with Gasteiger partial charge >= 0.3 is 0 Å². The fourth-order valence-corrected chi connectivity index (χ4v) is 2.11. The molecule has 0 saturated heterocycles. The van der Waals surface area contributed by atoms with Crippen LogP contribution in [0.5, 0.6) is 0 Å². The molecular weight excluding hydrogens is 284 g/mol. The van der Waals surface area contributed by atoms with Crippen molar-refractivity contribution in [3.05, 3.63) is 52.8 Å². The Morgan fingerprint density at radius 2 is 1.86 bits per heavy atom. The number of hydrogen-bond acceptors (Lipinski definition) is 4. The summed E-state index contributed by atoms with van der Waals surface area (Å²) in [6.45, 7) is 5.70. The second kappa shape index (κ2) is 7.38. The second-order valence-corrected chi connectivity index (χ2v) is 5.78. The van der Waals surface area contributed by atoms with Crippen LogP contribution in [0.3, 0.4) is 0 Å². The van der Waals surface area contributed by atoms with Crippen molar-refractivity contribution in [1.82, 2.24) is 15.3 Å². The Labute approximate surface area is 131 Å². The minimum Gasteiger partial charge on any atom is -0.340 e. The smallest absolute Gasteiger partial charge is 0.225 e. The van der Waals surface area contributed by atoms with E-state index >= 15 is 0 Å². The number of nitrogens with one attached hydrogen (secondary N) is 1. The first kappa shape index (κ1) is 15.7. The Morgan fingerprint density at radius 1 is 1.19 bits per heavy atom. The number of aromatic nitrogens is 2. The Balaban J connectivity index is 2.00.